The summed E-state index contributed by atoms with van der Waals surface area (Å²) >= 11 is 0. The average Bonchev–Trinajstić information content (AvgIpc) is 2.13. The lowest BCUT2D eigenvalue weighted by Crippen LogP contribution is -2.34. The molecule has 3 nitrogen and oxygen atoms in total. The number of carbonyl (C=O) groups is 1. The van der Waals surface area contributed by atoms with Gasteiger partial charge in [0.25, 0.3) is 0 Å². The molecule has 0 saturated heterocycles. The van der Waals surface area contributed by atoms with Gasteiger partial charge >= 0.3 is 0 Å². The molecule has 0 heterocycles. The summed E-state index contributed by atoms with van der Waals surface area (Å²) in [5, 5.41) is 2.93. The summed E-state index contributed by atoms with van der Waals surface area (Å²) in [5.41, 5.74) is 5.51. The standard InChI is InChI=1S/C10H22N2O/c1-4-8(3)12-10(13)6-9(5-2)7-11/h8-9H,4-7,11H2,1-3H3,(H,12,13). The molecule has 0 fully saturated rings. The number of nitrogens with one attached hydrogen (secondary N) is 1. The molecule has 0 rings (SSSR count). The number of carbonyl (C=O) groups excluding carboxylic acids is 1. The zero-order chi connectivity index (χ0) is 10.3. The smallest absolute Gasteiger partial charge is 0.220 e. The van der Waals surface area contributed by atoms with Crippen LogP contribution in [0.2, 0.25) is 0 Å². The second-order valence-corrected chi connectivity index (χ2v) is 3.59. The molecule has 0 aromatic heterocycles. The van der Waals surface area contributed by atoms with Crippen LogP contribution in [0.15, 0.2) is 0 Å². The van der Waals surface area contributed by atoms with E-state index in [1.54, 1.807) is 0 Å². The van der Waals surface area contributed by atoms with Crippen LogP contribution in [0.3, 0.4) is 0 Å². The van der Waals surface area contributed by atoms with E-state index in [1.807, 2.05) is 6.92 Å². The van der Waals surface area contributed by atoms with Crippen LogP contribution in [-0.4, -0.2) is 18.5 Å². The van der Waals surface area contributed by atoms with E-state index in [0.29, 0.717) is 18.9 Å². The fourth-order valence-electron chi connectivity index (χ4n) is 1.09. The van der Waals surface area contributed by atoms with Gasteiger partial charge in [-0.3, -0.25) is 4.79 Å². The molecule has 0 spiro atoms. The van der Waals surface area contributed by atoms with Crippen LogP contribution in [0.5, 0.6) is 0 Å². The van der Waals surface area contributed by atoms with E-state index in [-0.39, 0.29) is 11.9 Å². The van der Waals surface area contributed by atoms with Crippen LogP contribution in [0.4, 0.5) is 0 Å². The minimum Gasteiger partial charge on any atom is -0.354 e. The molecule has 1 amide bonds. The molecule has 3 N–H and O–H groups in total. The molecular weight excluding hydrogens is 164 g/mol. The largest absolute Gasteiger partial charge is 0.354 e. The molecule has 0 aromatic carbocycles. The highest BCUT2D eigenvalue weighted by Crippen LogP contribution is 2.05. The quantitative estimate of drug-likeness (QED) is 0.656. The Kier molecular flexibility index (Phi) is 6.59. The molecule has 0 aromatic rings. The monoisotopic (exact) mass is 186 g/mol. The molecule has 13 heavy (non-hydrogen) atoms. The molecule has 0 radical (unpaired) electrons. The normalized spacial score (nSPS) is 15.1. The third-order valence-corrected chi connectivity index (χ3v) is 2.40. The Labute approximate surface area is 81.1 Å². The highest BCUT2D eigenvalue weighted by Gasteiger charge is 2.11. The Hall–Kier alpha value is -0.570. The van der Waals surface area contributed by atoms with Crippen LogP contribution < -0.4 is 11.1 Å². The van der Waals surface area contributed by atoms with Gasteiger partial charge in [0.05, 0.1) is 0 Å². The fraction of sp³-hybridized carbons (Fsp3) is 0.900. The zero-order valence-corrected chi connectivity index (χ0v) is 8.97. The summed E-state index contributed by atoms with van der Waals surface area (Å²) in [5.74, 6) is 0.468. The summed E-state index contributed by atoms with van der Waals surface area (Å²) in [4.78, 5) is 11.4. The van der Waals surface area contributed by atoms with Crippen molar-refractivity contribution in [3.05, 3.63) is 0 Å². The lowest BCUT2D eigenvalue weighted by atomic mass is 10.0. The lowest BCUT2D eigenvalue weighted by Gasteiger charge is -2.15. The maximum absolute atomic E-state index is 11.4. The van der Waals surface area contributed by atoms with Gasteiger partial charge in [-0.15, -0.1) is 0 Å². The predicted octanol–water partition coefficient (Wildman–Crippen LogP) is 1.28. The summed E-state index contributed by atoms with van der Waals surface area (Å²) in [6, 6.07) is 0.280. The van der Waals surface area contributed by atoms with Crippen molar-refractivity contribution in [3.63, 3.8) is 0 Å². The van der Waals surface area contributed by atoms with E-state index in [4.69, 9.17) is 5.73 Å². The van der Waals surface area contributed by atoms with Gasteiger partial charge in [-0.2, -0.15) is 0 Å². The van der Waals surface area contributed by atoms with Gasteiger partial charge in [-0.25, -0.2) is 0 Å². The molecule has 2 atom stereocenters. The van der Waals surface area contributed by atoms with E-state index in [1.165, 1.54) is 0 Å². The third-order valence-electron chi connectivity index (χ3n) is 2.40. The maximum Gasteiger partial charge on any atom is 0.220 e. The molecule has 0 aliphatic carbocycles. The van der Waals surface area contributed by atoms with Gasteiger partial charge < -0.3 is 11.1 Å². The molecule has 0 saturated carbocycles. The second kappa shape index (κ2) is 6.89. The van der Waals surface area contributed by atoms with Crippen LogP contribution in [0.1, 0.15) is 40.0 Å². The molecule has 3 heteroatoms. The Morgan fingerprint density at radius 2 is 2.00 bits per heavy atom. The Morgan fingerprint density at radius 1 is 1.38 bits per heavy atom. The first-order valence-corrected chi connectivity index (χ1v) is 5.13. The summed E-state index contributed by atoms with van der Waals surface area (Å²) in [6.45, 7) is 6.74. The van der Waals surface area contributed by atoms with E-state index in [0.717, 1.165) is 12.8 Å². The Bertz CT molecular complexity index is 144. The van der Waals surface area contributed by atoms with Gasteiger partial charge in [0.2, 0.25) is 5.91 Å². The molecule has 0 aliphatic heterocycles. The first-order chi connectivity index (χ1) is 6.13. The van der Waals surface area contributed by atoms with Crippen LogP contribution in [-0.2, 0) is 4.79 Å². The van der Waals surface area contributed by atoms with Crippen LogP contribution in [0.25, 0.3) is 0 Å². The van der Waals surface area contributed by atoms with Crippen molar-refractivity contribution in [1.82, 2.24) is 5.32 Å². The van der Waals surface area contributed by atoms with E-state index in [2.05, 4.69) is 19.2 Å². The number of nitrogens with two attached hydrogens (primary N) is 1. The van der Waals surface area contributed by atoms with Crippen molar-refractivity contribution in [2.24, 2.45) is 11.7 Å². The second-order valence-electron chi connectivity index (χ2n) is 3.59. The van der Waals surface area contributed by atoms with Crippen molar-refractivity contribution in [3.8, 4) is 0 Å². The minimum absolute atomic E-state index is 0.131. The van der Waals surface area contributed by atoms with Crippen LogP contribution >= 0.6 is 0 Å². The summed E-state index contributed by atoms with van der Waals surface area (Å²) in [6.07, 6.45) is 2.52. The lowest BCUT2D eigenvalue weighted by molar-refractivity contribution is -0.122. The van der Waals surface area contributed by atoms with E-state index >= 15 is 0 Å². The SMILES string of the molecule is CCC(CN)CC(=O)NC(C)CC. The highest BCUT2D eigenvalue weighted by molar-refractivity contribution is 5.76. The molecule has 0 bridgehead atoms. The van der Waals surface area contributed by atoms with Crippen molar-refractivity contribution >= 4 is 5.91 Å². The van der Waals surface area contributed by atoms with Gasteiger partial charge in [-0.1, -0.05) is 20.3 Å². The van der Waals surface area contributed by atoms with Gasteiger partial charge in [0, 0.05) is 12.5 Å². The maximum atomic E-state index is 11.4. The van der Waals surface area contributed by atoms with Gasteiger partial charge in [-0.05, 0) is 25.8 Å². The molecule has 0 aliphatic rings. The highest BCUT2D eigenvalue weighted by atomic mass is 16.1. The fourth-order valence-corrected chi connectivity index (χ4v) is 1.09. The minimum atomic E-state index is 0.131. The summed E-state index contributed by atoms with van der Waals surface area (Å²) in [7, 11) is 0. The number of rotatable bonds is 6. The molecular formula is C10H22N2O. The number of hydrogen-bond acceptors (Lipinski definition) is 2. The third kappa shape index (κ3) is 5.64. The number of amides is 1. The average molecular weight is 186 g/mol. The molecule has 2 unspecified atom stereocenters. The molecule has 78 valence electrons. The van der Waals surface area contributed by atoms with Crippen molar-refractivity contribution < 1.29 is 4.79 Å². The number of hydrogen-bond donors (Lipinski definition) is 2. The Morgan fingerprint density at radius 3 is 2.38 bits per heavy atom. The van der Waals surface area contributed by atoms with Gasteiger partial charge in [0.15, 0.2) is 0 Å². The van der Waals surface area contributed by atoms with Gasteiger partial charge in [0.1, 0.15) is 0 Å². The van der Waals surface area contributed by atoms with Crippen molar-refractivity contribution in [2.75, 3.05) is 6.54 Å². The van der Waals surface area contributed by atoms with E-state index in [9.17, 15) is 4.79 Å². The Balaban J connectivity index is 3.72. The first kappa shape index (κ1) is 12.4. The first-order valence-electron chi connectivity index (χ1n) is 5.13. The van der Waals surface area contributed by atoms with Crippen molar-refractivity contribution in [2.45, 2.75) is 46.1 Å². The topological polar surface area (TPSA) is 55.1 Å². The summed E-state index contributed by atoms with van der Waals surface area (Å²) < 4.78 is 0. The van der Waals surface area contributed by atoms with Crippen molar-refractivity contribution in [1.29, 1.82) is 0 Å². The predicted molar refractivity (Wildman–Crippen MR) is 55.3 cm³/mol. The van der Waals surface area contributed by atoms with Crippen LogP contribution in [0, 0.1) is 5.92 Å². The van der Waals surface area contributed by atoms with E-state index < -0.39 is 0 Å². The zero-order valence-electron chi connectivity index (χ0n) is 8.97.